The Morgan fingerprint density at radius 3 is 2.12 bits per heavy atom. The van der Waals surface area contributed by atoms with Crippen LogP contribution in [0.2, 0.25) is 10.0 Å². The van der Waals surface area contributed by atoms with Gasteiger partial charge in [-0.05, 0) is 75.7 Å². The minimum Gasteiger partial charge on any atom is -0.493 e. The second kappa shape index (κ2) is 13.7. The largest absolute Gasteiger partial charge is 0.493 e. The Morgan fingerprint density at radius 1 is 0.929 bits per heavy atom. The lowest BCUT2D eigenvalue weighted by molar-refractivity contribution is -0.140. The van der Waals surface area contributed by atoms with Gasteiger partial charge in [-0.1, -0.05) is 41.4 Å². The quantitative estimate of drug-likeness (QED) is 0.297. The van der Waals surface area contributed by atoms with Crippen LogP contribution in [0.4, 0.5) is 5.69 Å². The minimum absolute atomic E-state index is 0.0257. The summed E-state index contributed by atoms with van der Waals surface area (Å²) in [6, 6.07) is 16.2. The van der Waals surface area contributed by atoms with Crippen LogP contribution >= 0.6 is 23.2 Å². The number of methoxy groups -OCH3 is 2. The molecule has 0 spiro atoms. The molecule has 3 rings (SSSR count). The van der Waals surface area contributed by atoms with Crippen molar-refractivity contribution in [1.82, 2.24) is 10.2 Å². The number of amides is 2. The number of nitrogens with zero attached hydrogens (tertiary/aromatic N) is 2. The Morgan fingerprint density at radius 2 is 1.55 bits per heavy atom. The molecule has 0 radical (unpaired) electrons. The molecule has 42 heavy (non-hydrogen) atoms. The Hall–Kier alpha value is -3.47. The first-order chi connectivity index (χ1) is 19.7. The smallest absolute Gasteiger partial charge is 0.264 e. The maximum absolute atomic E-state index is 14.1. The van der Waals surface area contributed by atoms with Crippen LogP contribution in [0.3, 0.4) is 0 Å². The normalized spacial score (nSPS) is 12.3. The molecule has 0 bridgehead atoms. The van der Waals surface area contributed by atoms with Gasteiger partial charge in [0.1, 0.15) is 12.6 Å². The Kier molecular flexibility index (Phi) is 10.8. The van der Waals surface area contributed by atoms with Crippen LogP contribution < -0.4 is 19.1 Å². The lowest BCUT2D eigenvalue weighted by Crippen LogP contribution is -2.54. The minimum atomic E-state index is -4.33. The third kappa shape index (κ3) is 8.08. The first-order valence-corrected chi connectivity index (χ1v) is 15.2. The Labute approximate surface area is 257 Å². The van der Waals surface area contributed by atoms with Gasteiger partial charge in [-0.2, -0.15) is 0 Å². The van der Waals surface area contributed by atoms with Gasteiger partial charge in [-0.3, -0.25) is 13.9 Å². The van der Waals surface area contributed by atoms with Gasteiger partial charge in [0.15, 0.2) is 11.5 Å². The molecule has 3 aromatic rings. The maximum Gasteiger partial charge on any atom is 0.264 e. The van der Waals surface area contributed by atoms with Crippen LogP contribution in [-0.2, 0) is 26.2 Å². The highest BCUT2D eigenvalue weighted by Crippen LogP contribution is 2.33. The molecule has 0 saturated carbocycles. The highest BCUT2D eigenvalue weighted by molar-refractivity contribution is 7.92. The molecule has 1 atom stereocenters. The molecule has 0 aliphatic carbocycles. The maximum atomic E-state index is 14.1. The Balaban J connectivity index is 2.09. The van der Waals surface area contributed by atoms with Crippen molar-refractivity contribution in [2.24, 2.45) is 0 Å². The summed E-state index contributed by atoms with van der Waals surface area (Å²) in [5.41, 5.74) is 0.243. The van der Waals surface area contributed by atoms with Crippen molar-refractivity contribution in [3.8, 4) is 11.5 Å². The molecule has 9 nitrogen and oxygen atoms in total. The van der Waals surface area contributed by atoms with E-state index in [4.69, 9.17) is 32.7 Å². The topological polar surface area (TPSA) is 105 Å². The van der Waals surface area contributed by atoms with E-state index in [9.17, 15) is 18.0 Å². The van der Waals surface area contributed by atoms with Gasteiger partial charge in [-0.15, -0.1) is 0 Å². The van der Waals surface area contributed by atoms with E-state index >= 15 is 0 Å². The molecule has 3 aromatic carbocycles. The number of halogens is 2. The molecule has 0 heterocycles. The lowest BCUT2D eigenvalue weighted by atomic mass is 10.1. The number of benzene rings is 3. The van der Waals surface area contributed by atoms with E-state index in [1.165, 1.54) is 61.6 Å². The summed E-state index contributed by atoms with van der Waals surface area (Å²) >= 11 is 12.5. The second-order valence-corrected chi connectivity index (χ2v) is 13.2. The summed E-state index contributed by atoms with van der Waals surface area (Å²) < 4.78 is 39.7. The fourth-order valence-corrected chi connectivity index (χ4v) is 5.86. The zero-order chi connectivity index (χ0) is 31.2. The molecule has 0 fully saturated rings. The van der Waals surface area contributed by atoms with Gasteiger partial charge in [-0.25, -0.2) is 8.42 Å². The fraction of sp³-hybridized carbons (Fsp3) is 0.333. The molecule has 2 amide bonds. The van der Waals surface area contributed by atoms with Gasteiger partial charge in [0, 0.05) is 28.2 Å². The van der Waals surface area contributed by atoms with Crippen LogP contribution in [0.5, 0.6) is 11.5 Å². The number of sulfonamides is 1. The number of rotatable bonds is 11. The summed E-state index contributed by atoms with van der Waals surface area (Å²) in [7, 11) is -1.49. The van der Waals surface area contributed by atoms with Crippen LogP contribution in [0.1, 0.15) is 33.3 Å². The average molecular weight is 637 g/mol. The molecule has 1 N–H and O–H groups in total. The van der Waals surface area contributed by atoms with Crippen molar-refractivity contribution in [3.63, 3.8) is 0 Å². The summed E-state index contributed by atoms with van der Waals surface area (Å²) in [5.74, 6) is -0.474. The van der Waals surface area contributed by atoms with E-state index in [-0.39, 0.29) is 22.9 Å². The number of hydrogen-bond acceptors (Lipinski definition) is 6. The number of ether oxygens (including phenoxy) is 2. The summed E-state index contributed by atoms with van der Waals surface area (Å²) in [4.78, 5) is 28.4. The number of carbonyl (C=O) groups is 2. The third-order valence-corrected chi connectivity index (χ3v) is 8.69. The molecule has 0 aliphatic rings. The van der Waals surface area contributed by atoms with Crippen molar-refractivity contribution >= 4 is 50.7 Å². The number of anilines is 1. The van der Waals surface area contributed by atoms with Gasteiger partial charge >= 0.3 is 0 Å². The molecule has 226 valence electrons. The van der Waals surface area contributed by atoms with E-state index in [0.29, 0.717) is 21.4 Å². The van der Waals surface area contributed by atoms with Crippen LogP contribution in [0.25, 0.3) is 0 Å². The van der Waals surface area contributed by atoms with E-state index in [1.54, 1.807) is 31.2 Å². The predicted molar refractivity (Wildman–Crippen MR) is 165 cm³/mol. The second-order valence-electron chi connectivity index (χ2n) is 10.5. The first kappa shape index (κ1) is 33.0. The monoisotopic (exact) mass is 635 g/mol. The van der Waals surface area contributed by atoms with Gasteiger partial charge in [0.2, 0.25) is 11.8 Å². The van der Waals surface area contributed by atoms with Gasteiger partial charge < -0.3 is 19.7 Å². The van der Waals surface area contributed by atoms with E-state index in [1.807, 2.05) is 20.8 Å². The molecular formula is C30H35Cl2N3O6S. The van der Waals surface area contributed by atoms with E-state index in [2.05, 4.69) is 5.32 Å². The zero-order valence-corrected chi connectivity index (χ0v) is 26.7. The van der Waals surface area contributed by atoms with Crippen molar-refractivity contribution < 1.29 is 27.5 Å². The van der Waals surface area contributed by atoms with Crippen molar-refractivity contribution in [2.75, 3.05) is 25.1 Å². The molecule has 0 saturated heterocycles. The van der Waals surface area contributed by atoms with Crippen molar-refractivity contribution in [3.05, 3.63) is 82.3 Å². The van der Waals surface area contributed by atoms with E-state index in [0.717, 1.165) is 4.31 Å². The molecule has 12 heteroatoms. The molecule has 0 aromatic heterocycles. The molecule has 0 unspecified atom stereocenters. The summed E-state index contributed by atoms with van der Waals surface area (Å²) in [6.45, 7) is 6.44. The first-order valence-electron chi connectivity index (χ1n) is 13.0. The van der Waals surface area contributed by atoms with Gasteiger partial charge in [0.25, 0.3) is 10.0 Å². The van der Waals surface area contributed by atoms with Crippen molar-refractivity contribution in [1.29, 1.82) is 0 Å². The zero-order valence-electron chi connectivity index (χ0n) is 24.4. The highest BCUT2D eigenvalue weighted by atomic mass is 35.5. The van der Waals surface area contributed by atoms with Crippen LogP contribution in [-0.4, -0.2) is 57.5 Å². The molecule has 0 aliphatic heterocycles. The van der Waals surface area contributed by atoms with Crippen molar-refractivity contribution in [2.45, 2.75) is 50.7 Å². The summed E-state index contributed by atoms with van der Waals surface area (Å²) in [6.07, 6.45) is 0. The van der Waals surface area contributed by atoms with Crippen LogP contribution in [0, 0.1) is 0 Å². The third-order valence-electron chi connectivity index (χ3n) is 6.30. The molecular weight excluding hydrogens is 601 g/mol. The fourth-order valence-electron chi connectivity index (χ4n) is 4.11. The average Bonchev–Trinajstić information content (AvgIpc) is 2.94. The number of carbonyl (C=O) groups excluding carboxylic acids is 2. The lowest BCUT2D eigenvalue weighted by Gasteiger charge is -2.33. The number of hydrogen-bond donors (Lipinski definition) is 1. The SMILES string of the molecule is COc1ccc(S(=O)(=O)N(CC(=O)N(Cc2ccccc2Cl)[C@@H](C)C(=O)NC(C)(C)C)c2ccc(Cl)cc2)cc1OC. The van der Waals surface area contributed by atoms with Crippen LogP contribution in [0.15, 0.2) is 71.6 Å². The standard InChI is InChI=1S/C30H35Cl2N3O6S/c1-20(29(37)33-30(2,3)4)34(18-21-9-7-8-10-25(21)32)28(36)19-35(23-13-11-22(31)12-14-23)42(38,39)24-15-16-26(40-5)27(17-24)41-6/h7-17,20H,18-19H2,1-6H3,(H,33,37)/t20-/m0/s1. The summed E-state index contributed by atoms with van der Waals surface area (Å²) in [5, 5.41) is 3.69. The highest BCUT2D eigenvalue weighted by Gasteiger charge is 2.34. The van der Waals surface area contributed by atoms with E-state index < -0.39 is 40.0 Å². The number of nitrogens with one attached hydrogen (secondary N) is 1. The predicted octanol–water partition coefficient (Wildman–Crippen LogP) is 5.54. The Bertz CT molecular complexity index is 1520. The van der Waals surface area contributed by atoms with Gasteiger partial charge in [0.05, 0.1) is 24.8 Å².